The molecule has 7 aromatic heterocycles. The highest BCUT2D eigenvalue weighted by Gasteiger charge is 2.34. The number of nitrogens with zero attached hydrogens (tertiary/aromatic N) is 11. The van der Waals surface area contributed by atoms with Gasteiger partial charge < -0.3 is 30.9 Å². The van der Waals surface area contributed by atoms with Gasteiger partial charge in [-0.3, -0.25) is 15.0 Å². The number of anilines is 2. The maximum Gasteiger partial charge on any atom is 0.350 e. The number of carbonyl (C=O) groups is 2. The predicted octanol–water partition coefficient (Wildman–Crippen LogP) is 14.5. The number of rotatable bonds is 11. The van der Waals surface area contributed by atoms with E-state index >= 15 is 0 Å². The fourth-order valence-corrected chi connectivity index (χ4v) is 11.2. The Labute approximate surface area is 556 Å². The minimum Gasteiger partial charge on any atom is -0.384 e. The molecule has 7 heterocycles. The number of urea groups is 1. The van der Waals surface area contributed by atoms with E-state index in [1.807, 2.05) is 60.0 Å². The van der Waals surface area contributed by atoms with Crippen molar-refractivity contribution in [2.75, 3.05) is 18.1 Å². The highest BCUT2D eigenvalue weighted by molar-refractivity contribution is 9.10. The van der Waals surface area contributed by atoms with Crippen LogP contribution in [0.5, 0.6) is 0 Å². The first-order valence-corrected chi connectivity index (χ1v) is 31.0. The number of nitrogens with two attached hydrogens (primary N) is 3. The van der Waals surface area contributed by atoms with Gasteiger partial charge in [0.25, 0.3) is 9.84 Å². The summed E-state index contributed by atoms with van der Waals surface area (Å²) in [5, 5.41) is 1.09. The molecule has 26 heteroatoms. The van der Waals surface area contributed by atoms with Crippen molar-refractivity contribution in [3.8, 4) is 67.5 Å². The quantitative estimate of drug-likeness (QED) is 0.0407. The fourth-order valence-electron chi connectivity index (χ4n) is 8.98. The Bertz CT molecular complexity index is 4540. The third-order valence-electron chi connectivity index (χ3n) is 13.3. The van der Waals surface area contributed by atoms with E-state index in [-0.39, 0.29) is 27.9 Å². The molecule has 0 fully saturated rings. The van der Waals surface area contributed by atoms with Crippen molar-refractivity contribution < 1.29 is 35.6 Å². The second-order valence-corrected chi connectivity index (χ2v) is 23.5. The average Bonchev–Trinajstić information content (AvgIpc) is 1.53. The number of carbonyl (C=O) groups excluding carboxylic acids is 2. The van der Waals surface area contributed by atoms with Crippen LogP contribution >= 0.6 is 31.9 Å². The standard InChI is InChI=1S/C16H14FN5O.C15H11BrFN3.C15H13FN4.C15H12FNO2S.C6H4BrNO.CH5N/c1-22-9-20-14(10-2-4-12(17)5-3-10)15(22)11-6-7-19-13(8-11)21-16(18)23;1-20-9-19-14(10-2-4-12(17)5-3-10)15(20)11-6-7-18-13(16)8-11;1-20-9-19-14(10-2-4-12(16)5-3-10)15(20)11-6-7-18-13(17)8-11;1-11-3-9-14(10-4-11)20(18,19)15(17-2)12-5-7-13(16)8-6-12;7-6-3-5(4-9)1-2-8-6;1-2/h2-9H,1H3,(H3,18,19,21,23);2-9H,1H3;2-9H,1H3,(H2,17,18);3-10,15H,1H3;1-4H;2H2,1H3. The molecule has 1 unspecified atom stereocenters. The van der Waals surface area contributed by atoms with Gasteiger partial charge in [-0.25, -0.2) is 72.2 Å². The highest BCUT2D eigenvalue weighted by Crippen LogP contribution is 2.35. The lowest BCUT2D eigenvalue weighted by Gasteiger charge is -2.08. The molecule has 0 radical (unpaired) electrons. The van der Waals surface area contributed by atoms with Crippen LogP contribution in [-0.2, 0) is 31.0 Å². The number of nitrogen functional groups attached to an aromatic ring is 1. The summed E-state index contributed by atoms with van der Waals surface area (Å²) in [7, 11) is 3.39. The van der Waals surface area contributed by atoms with Crippen LogP contribution in [0.2, 0.25) is 0 Å². The smallest absolute Gasteiger partial charge is 0.350 e. The van der Waals surface area contributed by atoms with Gasteiger partial charge in [0, 0.05) is 84.9 Å². The number of amides is 2. The van der Waals surface area contributed by atoms with Crippen LogP contribution in [0.4, 0.5) is 34.0 Å². The van der Waals surface area contributed by atoms with Gasteiger partial charge in [0.15, 0.2) is 0 Å². The van der Waals surface area contributed by atoms with Crippen LogP contribution in [0.25, 0.3) is 72.4 Å². The van der Waals surface area contributed by atoms with Gasteiger partial charge in [-0.2, -0.15) is 0 Å². The minimum absolute atomic E-state index is 0.0911. The number of aryl methyl sites for hydroxylation is 4. The largest absolute Gasteiger partial charge is 0.384 e. The number of pyridine rings is 4. The zero-order valence-corrected chi connectivity index (χ0v) is 54.8. The van der Waals surface area contributed by atoms with Crippen molar-refractivity contribution in [1.29, 1.82) is 0 Å². The Morgan fingerprint density at radius 3 is 1.30 bits per heavy atom. The second-order valence-electron chi connectivity index (χ2n) is 19.9. The summed E-state index contributed by atoms with van der Waals surface area (Å²) in [6, 6.07) is 43.7. The van der Waals surface area contributed by atoms with E-state index in [4.69, 9.17) is 18.0 Å². The van der Waals surface area contributed by atoms with Gasteiger partial charge in [0.05, 0.1) is 63.6 Å². The molecule has 7 N–H and O–H groups in total. The van der Waals surface area contributed by atoms with Crippen LogP contribution in [-0.4, -0.2) is 76.4 Å². The first-order chi connectivity index (χ1) is 45.1. The van der Waals surface area contributed by atoms with Crippen LogP contribution in [0.1, 0.15) is 26.9 Å². The lowest BCUT2D eigenvalue weighted by Crippen LogP contribution is -2.19. The molecular formula is C68H59Br2F4N15O4S. The summed E-state index contributed by atoms with van der Waals surface area (Å²) >= 11 is 6.51. The summed E-state index contributed by atoms with van der Waals surface area (Å²) in [6.45, 7) is 9.00. The van der Waals surface area contributed by atoms with Gasteiger partial charge in [0.1, 0.15) is 50.4 Å². The average molecular weight is 1420 g/mol. The topological polar surface area (TPSA) is 268 Å². The Kier molecular flexibility index (Phi) is 25.1. The maximum atomic E-state index is 13.1. The summed E-state index contributed by atoms with van der Waals surface area (Å²) in [5.74, 6) is -0.486. The summed E-state index contributed by atoms with van der Waals surface area (Å²) in [5.41, 5.74) is 27.5. The molecule has 1 atom stereocenters. The molecule has 478 valence electrons. The Balaban J connectivity index is 0.000000168. The fraction of sp³-hybridized carbons (Fsp3) is 0.0882. The molecule has 0 saturated carbocycles. The zero-order chi connectivity index (χ0) is 68.1. The molecule has 0 aliphatic heterocycles. The number of aromatic nitrogens is 10. The first-order valence-electron chi connectivity index (χ1n) is 27.9. The number of hydrogen-bond donors (Lipinski definition) is 4. The van der Waals surface area contributed by atoms with E-state index in [1.165, 1.54) is 67.7 Å². The second kappa shape index (κ2) is 33.5. The zero-order valence-electron chi connectivity index (χ0n) is 50.8. The molecule has 0 aliphatic carbocycles. The summed E-state index contributed by atoms with van der Waals surface area (Å²) in [6.07, 6.45) is 12.5. The van der Waals surface area contributed by atoms with Gasteiger partial charge in [-0.1, -0.05) is 17.7 Å². The Morgan fingerprint density at radius 1 is 0.532 bits per heavy atom. The molecule has 0 aliphatic rings. The number of benzene rings is 5. The first kappa shape index (κ1) is 70.6. The molecule has 0 bridgehead atoms. The van der Waals surface area contributed by atoms with Crippen molar-refractivity contribution in [1.82, 2.24) is 48.6 Å². The van der Waals surface area contributed by atoms with E-state index < -0.39 is 27.1 Å². The van der Waals surface area contributed by atoms with Crippen LogP contribution in [0.3, 0.4) is 0 Å². The SMILES string of the molecule is CN.Cn1cnc(-c2ccc(F)cc2)c1-c1ccnc(Br)c1.Cn1cnc(-c2ccc(F)cc2)c1-c1ccnc(N)c1.Cn1cnc(-c2ccc(F)cc2)c1-c1ccnc(NC(N)=O)c1.O=Cc1ccnc(Br)c1.[C-]#[N+]C(c1ccc(F)cc1)S(=O)(=O)c1ccc(C)cc1. The lowest BCUT2D eigenvalue weighted by atomic mass is 10.1. The number of imidazole rings is 3. The Hall–Kier alpha value is -10.9. The van der Waals surface area contributed by atoms with Crippen molar-refractivity contribution >= 4 is 65.7 Å². The van der Waals surface area contributed by atoms with Crippen molar-refractivity contribution in [2.45, 2.75) is 17.2 Å². The molecule has 2 amide bonds. The van der Waals surface area contributed by atoms with E-state index in [0.29, 0.717) is 27.5 Å². The van der Waals surface area contributed by atoms with E-state index in [2.05, 4.69) is 82.6 Å². The number of nitrogens with one attached hydrogen (secondary N) is 1. The minimum atomic E-state index is -3.81. The van der Waals surface area contributed by atoms with Crippen molar-refractivity contribution in [2.24, 2.45) is 32.6 Å². The van der Waals surface area contributed by atoms with Gasteiger partial charge in [0.2, 0.25) is 0 Å². The molecule has 12 aromatic rings. The molecular weight excluding hydrogens is 1360 g/mol. The van der Waals surface area contributed by atoms with E-state index in [0.717, 1.165) is 90.4 Å². The number of hydrogen-bond acceptors (Lipinski definition) is 13. The highest BCUT2D eigenvalue weighted by atomic mass is 79.9. The normalized spacial score (nSPS) is 10.8. The molecule has 12 rings (SSSR count). The van der Waals surface area contributed by atoms with E-state index in [1.54, 1.807) is 123 Å². The number of halogens is 6. The van der Waals surface area contributed by atoms with Gasteiger partial charge >= 0.3 is 11.4 Å². The van der Waals surface area contributed by atoms with Crippen LogP contribution < -0.4 is 22.5 Å². The summed E-state index contributed by atoms with van der Waals surface area (Å²) < 4.78 is 84.1. The third-order valence-corrected chi connectivity index (χ3v) is 16.1. The third kappa shape index (κ3) is 18.9. The van der Waals surface area contributed by atoms with E-state index in [9.17, 15) is 35.6 Å². The molecule has 0 spiro atoms. The summed E-state index contributed by atoms with van der Waals surface area (Å²) in [4.78, 5) is 53.6. The maximum absolute atomic E-state index is 13.1. The van der Waals surface area contributed by atoms with Crippen LogP contribution in [0.15, 0.2) is 228 Å². The lowest BCUT2D eigenvalue weighted by molar-refractivity contribution is 0.112. The van der Waals surface area contributed by atoms with Crippen molar-refractivity contribution in [3.05, 3.63) is 274 Å². The predicted molar refractivity (Wildman–Crippen MR) is 362 cm³/mol. The van der Waals surface area contributed by atoms with Gasteiger partial charge in [-0.05, 0) is 204 Å². The monoisotopic (exact) mass is 1420 g/mol. The molecule has 0 saturated heterocycles. The van der Waals surface area contributed by atoms with Crippen LogP contribution in [0, 0.1) is 36.8 Å². The number of aldehydes is 1. The number of sulfone groups is 1. The molecule has 19 nitrogen and oxygen atoms in total. The van der Waals surface area contributed by atoms with Gasteiger partial charge in [-0.15, -0.1) is 0 Å². The van der Waals surface area contributed by atoms with Crippen molar-refractivity contribution in [3.63, 3.8) is 0 Å². The number of primary amides is 1. The molecule has 94 heavy (non-hydrogen) atoms. The Morgan fingerprint density at radius 2 is 0.915 bits per heavy atom. The molecule has 5 aromatic carbocycles.